The van der Waals surface area contributed by atoms with Crippen molar-refractivity contribution >= 4 is 17.5 Å². The fourth-order valence-corrected chi connectivity index (χ4v) is 3.50. The average Bonchev–Trinajstić information content (AvgIpc) is 3.10. The van der Waals surface area contributed by atoms with Gasteiger partial charge in [-0.05, 0) is 31.5 Å². The highest BCUT2D eigenvalue weighted by molar-refractivity contribution is 6.34. The summed E-state index contributed by atoms with van der Waals surface area (Å²) >= 11 is 0. The van der Waals surface area contributed by atoms with E-state index >= 15 is 0 Å². The van der Waals surface area contributed by atoms with Crippen molar-refractivity contribution in [2.75, 3.05) is 13.4 Å². The van der Waals surface area contributed by atoms with E-state index < -0.39 is 22.9 Å². The molecule has 130 valence electrons. The number of carbonyl (C=O) groups is 2. The third-order valence-electron chi connectivity index (χ3n) is 4.72. The van der Waals surface area contributed by atoms with Gasteiger partial charge in [0.15, 0.2) is 16.9 Å². The molecular formula is C18H17NO6. The van der Waals surface area contributed by atoms with Crippen LogP contribution in [0.25, 0.3) is 0 Å². The minimum absolute atomic E-state index is 0.0288. The Morgan fingerprint density at radius 2 is 2.04 bits per heavy atom. The Labute approximate surface area is 143 Å². The summed E-state index contributed by atoms with van der Waals surface area (Å²) in [6, 6.07) is 5.06. The number of aliphatic hydroxyl groups is 1. The second-order valence-electron chi connectivity index (χ2n) is 6.18. The molecule has 1 N–H and O–H groups in total. The lowest BCUT2D eigenvalue weighted by molar-refractivity contribution is -0.159. The third kappa shape index (κ3) is 2.12. The van der Waals surface area contributed by atoms with Gasteiger partial charge in [-0.3, -0.25) is 9.59 Å². The highest BCUT2D eigenvalue weighted by Crippen LogP contribution is 2.46. The summed E-state index contributed by atoms with van der Waals surface area (Å²) in [6.45, 7) is 1.91. The van der Waals surface area contributed by atoms with E-state index in [1.165, 1.54) is 0 Å². The first-order valence-corrected chi connectivity index (χ1v) is 8.11. The van der Waals surface area contributed by atoms with Gasteiger partial charge >= 0.3 is 5.97 Å². The number of rotatable bonds is 3. The van der Waals surface area contributed by atoms with Crippen molar-refractivity contribution in [1.29, 1.82) is 0 Å². The molecule has 0 fully saturated rings. The van der Waals surface area contributed by atoms with Crippen LogP contribution in [0.2, 0.25) is 0 Å². The van der Waals surface area contributed by atoms with E-state index in [2.05, 4.69) is 4.99 Å². The molecule has 1 aromatic carbocycles. The number of allylic oxidation sites excluding steroid dienone is 1. The number of aliphatic imine (C=N–C) groups is 1. The van der Waals surface area contributed by atoms with E-state index in [1.54, 1.807) is 37.3 Å². The minimum Gasteiger partial charge on any atom is -0.465 e. The van der Waals surface area contributed by atoms with Gasteiger partial charge in [-0.25, -0.2) is 4.99 Å². The first-order chi connectivity index (χ1) is 12.0. The molecule has 0 aromatic heterocycles. The molecule has 3 aliphatic rings. The molecule has 2 bridgehead atoms. The number of hydrogen-bond acceptors (Lipinski definition) is 7. The molecule has 0 amide bonds. The molecule has 25 heavy (non-hydrogen) atoms. The normalized spacial score (nSPS) is 29.4. The van der Waals surface area contributed by atoms with Gasteiger partial charge in [0, 0.05) is 12.0 Å². The van der Waals surface area contributed by atoms with Crippen LogP contribution in [0.3, 0.4) is 0 Å². The summed E-state index contributed by atoms with van der Waals surface area (Å²) < 4.78 is 15.8. The molecule has 7 nitrogen and oxygen atoms in total. The third-order valence-corrected chi connectivity index (χ3v) is 4.72. The van der Waals surface area contributed by atoms with Gasteiger partial charge in [-0.1, -0.05) is 12.2 Å². The number of esters is 1. The van der Waals surface area contributed by atoms with Gasteiger partial charge in [0.25, 0.3) is 0 Å². The number of hydrogen-bond donors (Lipinski definition) is 1. The zero-order chi connectivity index (χ0) is 17.7. The zero-order valence-corrected chi connectivity index (χ0v) is 13.7. The van der Waals surface area contributed by atoms with Crippen molar-refractivity contribution in [2.24, 2.45) is 10.4 Å². The molecule has 1 aromatic rings. The smallest absolute Gasteiger partial charge is 0.326 e. The second-order valence-corrected chi connectivity index (χ2v) is 6.18. The van der Waals surface area contributed by atoms with Gasteiger partial charge in [-0.2, -0.15) is 0 Å². The van der Waals surface area contributed by atoms with Gasteiger partial charge < -0.3 is 19.3 Å². The number of ether oxygens (including phenoxy) is 3. The first kappa shape index (κ1) is 15.8. The predicted octanol–water partition coefficient (Wildman–Crippen LogP) is 1.38. The van der Waals surface area contributed by atoms with Gasteiger partial charge in [0.05, 0.1) is 12.3 Å². The monoisotopic (exact) mass is 343 g/mol. The van der Waals surface area contributed by atoms with Gasteiger partial charge in [0.2, 0.25) is 18.3 Å². The highest BCUT2D eigenvalue weighted by atomic mass is 16.7. The molecule has 0 unspecified atom stereocenters. The Balaban J connectivity index is 1.88. The number of ketones is 1. The van der Waals surface area contributed by atoms with Crippen molar-refractivity contribution in [1.82, 2.24) is 0 Å². The molecule has 7 heteroatoms. The van der Waals surface area contributed by atoms with Crippen LogP contribution in [0, 0.1) is 5.41 Å². The number of nitrogens with zero attached hydrogens (tertiary/aromatic N) is 1. The minimum atomic E-state index is -1.95. The largest absolute Gasteiger partial charge is 0.465 e. The molecule has 0 radical (unpaired) electrons. The lowest BCUT2D eigenvalue weighted by atomic mass is 9.74. The van der Waals surface area contributed by atoms with E-state index in [-0.39, 0.29) is 32.0 Å². The number of Topliss-reactive ketones (excluding diaryl/α,β-unsaturated/α-hetero) is 1. The van der Waals surface area contributed by atoms with Crippen LogP contribution in [0.4, 0.5) is 0 Å². The molecule has 0 saturated carbocycles. The van der Waals surface area contributed by atoms with Crippen LogP contribution in [0.5, 0.6) is 11.5 Å². The van der Waals surface area contributed by atoms with Crippen LogP contribution in [0.15, 0.2) is 35.3 Å². The summed E-state index contributed by atoms with van der Waals surface area (Å²) in [5.74, 6) is -0.249. The van der Waals surface area contributed by atoms with Crippen molar-refractivity contribution in [3.8, 4) is 11.5 Å². The number of benzene rings is 1. The van der Waals surface area contributed by atoms with Crippen molar-refractivity contribution < 1.29 is 28.9 Å². The van der Waals surface area contributed by atoms with Gasteiger partial charge in [-0.15, -0.1) is 0 Å². The quantitative estimate of drug-likeness (QED) is 0.506. The van der Waals surface area contributed by atoms with Crippen molar-refractivity contribution in [3.05, 3.63) is 35.9 Å². The van der Waals surface area contributed by atoms with E-state index in [1.807, 2.05) is 0 Å². The summed E-state index contributed by atoms with van der Waals surface area (Å²) in [6.07, 6.45) is 3.51. The van der Waals surface area contributed by atoms with E-state index in [0.717, 1.165) is 0 Å². The topological polar surface area (TPSA) is 94.4 Å². The van der Waals surface area contributed by atoms with E-state index in [9.17, 15) is 14.7 Å². The van der Waals surface area contributed by atoms with Crippen molar-refractivity contribution in [3.63, 3.8) is 0 Å². The van der Waals surface area contributed by atoms with Gasteiger partial charge in [0.1, 0.15) is 0 Å². The summed E-state index contributed by atoms with van der Waals surface area (Å²) in [7, 11) is 0. The molecule has 2 atom stereocenters. The maximum Gasteiger partial charge on any atom is 0.326 e. The van der Waals surface area contributed by atoms with E-state index in [4.69, 9.17) is 14.2 Å². The Morgan fingerprint density at radius 1 is 1.28 bits per heavy atom. The molecule has 2 aliphatic heterocycles. The first-order valence-electron chi connectivity index (χ1n) is 8.11. The average molecular weight is 343 g/mol. The Morgan fingerprint density at radius 3 is 2.84 bits per heavy atom. The maximum absolute atomic E-state index is 13.0. The van der Waals surface area contributed by atoms with Crippen molar-refractivity contribution in [2.45, 2.75) is 25.5 Å². The lowest BCUT2D eigenvalue weighted by Gasteiger charge is -2.26. The maximum atomic E-state index is 13.0. The standard InChI is InChI=1S/C18H17NO6/c1-2-23-16(21)17-7-3-4-8-18(22,15(17)20)19-14(17)11-5-6-12-13(9-11)25-10-24-12/h3-6,9,22H,2,7-8,10H2,1H3/t17-,18-/m0/s1. The summed E-state index contributed by atoms with van der Waals surface area (Å²) in [5.41, 5.74) is -2.87. The fraction of sp³-hybridized carbons (Fsp3) is 0.389. The fourth-order valence-electron chi connectivity index (χ4n) is 3.50. The van der Waals surface area contributed by atoms with Crippen LogP contribution in [-0.4, -0.2) is 41.7 Å². The van der Waals surface area contributed by atoms with E-state index in [0.29, 0.717) is 17.1 Å². The molecule has 0 saturated heterocycles. The number of carbonyl (C=O) groups excluding carboxylic acids is 2. The summed E-state index contributed by atoms with van der Waals surface area (Å²) in [5, 5.41) is 10.7. The van der Waals surface area contributed by atoms with Crippen LogP contribution < -0.4 is 9.47 Å². The zero-order valence-electron chi connectivity index (χ0n) is 13.7. The van der Waals surface area contributed by atoms with Crippen LogP contribution >= 0.6 is 0 Å². The lowest BCUT2D eigenvalue weighted by Crippen LogP contribution is -2.49. The highest BCUT2D eigenvalue weighted by Gasteiger charge is 2.64. The second kappa shape index (κ2) is 5.42. The molecular weight excluding hydrogens is 326 g/mol. The summed E-state index contributed by atoms with van der Waals surface area (Å²) in [4.78, 5) is 30.1. The van der Waals surface area contributed by atoms with Crippen LogP contribution in [-0.2, 0) is 14.3 Å². The Kier molecular flexibility index (Phi) is 3.43. The SMILES string of the molecule is CCOC(=O)[C@@]12CC=CC[C@@](O)(N=C1c1ccc3c(c1)OCO3)C2=O. The Bertz CT molecular complexity index is 829. The molecule has 1 aliphatic carbocycles. The molecule has 0 spiro atoms. The Hall–Kier alpha value is -2.67. The molecule has 2 heterocycles. The van der Waals surface area contributed by atoms with Crippen LogP contribution in [0.1, 0.15) is 25.3 Å². The predicted molar refractivity (Wildman–Crippen MR) is 86.5 cm³/mol. The number of fused-ring (bicyclic) bond motifs is 3. The molecule has 4 rings (SSSR count).